The van der Waals surface area contributed by atoms with Gasteiger partial charge < -0.3 is 14.9 Å². The van der Waals surface area contributed by atoms with E-state index < -0.39 is 5.97 Å². The number of carbonyl (C=O) groups is 1. The van der Waals surface area contributed by atoms with Gasteiger partial charge in [-0.3, -0.25) is 0 Å². The fourth-order valence-electron chi connectivity index (χ4n) is 2.04. The van der Waals surface area contributed by atoms with Gasteiger partial charge in [0.05, 0.1) is 11.3 Å². The summed E-state index contributed by atoms with van der Waals surface area (Å²) in [6.07, 6.45) is 0. The van der Waals surface area contributed by atoms with Crippen molar-refractivity contribution in [1.29, 1.82) is 0 Å². The van der Waals surface area contributed by atoms with Gasteiger partial charge in [0.2, 0.25) is 0 Å². The lowest BCUT2D eigenvalue weighted by molar-refractivity contribution is 0.0696. The molecule has 5 heteroatoms. The summed E-state index contributed by atoms with van der Waals surface area (Å²) in [6.45, 7) is 3.66. The minimum atomic E-state index is -0.883. The monoisotopic (exact) mass is 298 g/mol. The third kappa shape index (κ3) is 2.61. The Labute approximate surface area is 109 Å². The summed E-state index contributed by atoms with van der Waals surface area (Å²) in [7, 11) is 2.08. The molecule has 1 N–H and O–H groups in total. The number of hydrogen-bond acceptors (Lipinski definition) is 3. The predicted octanol–water partition coefficient (Wildman–Crippen LogP) is 1.90. The van der Waals surface area contributed by atoms with Crippen molar-refractivity contribution in [3.05, 3.63) is 28.2 Å². The first-order valence-electron chi connectivity index (χ1n) is 5.55. The van der Waals surface area contributed by atoms with Crippen LogP contribution in [0, 0.1) is 0 Å². The number of carboxylic acids is 1. The van der Waals surface area contributed by atoms with Crippen molar-refractivity contribution in [2.75, 3.05) is 38.1 Å². The summed E-state index contributed by atoms with van der Waals surface area (Å²) in [6, 6.07) is 5.52. The molecule has 1 saturated heterocycles. The van der Waals surface area contributed by atoms with Gasteiger partial charge in [-0.1, -0.05) is 6.07 Å². The highest BCUT2D eigenvalue weighted by Gasteiger charge is 2.21. The molecule has 1 heterocycles. The number of carboxylic acid groups (broad SMARTS) is 1. The highest BCUT2D eigenvalue weighted by molar-refractivity contribution is 9.10. The van der Waals surface area contributed by atoms with Crippen molar-refractivity contribution in [2.45, 2.75) is 0 Å². The van der Waals surface area contributed by atoms with Gasteiger partial charge in [0.25, 0.3) is 0 Å². The molecule has 2 rings (SSSR count). The summed E-state index contributed by atoms with van der Waals surface area (Å²) in [5.41, 5.74) is 1.16. The molecule has 1 aliphatic rings. The van der Waals surface area contributed by atoms with E-state index in [9.17, 15) is 9.90 Å². The highest BCUT2D eigenvalue weighted by atomic mass is 79.9. The SMILES string of the molecule is CN1CCN(c2cccc(Br)c2C(=O)O)CC1. The van der Waals surface area contributed by atoms with E-state index in [1.165, 1.54) is 0 Å². The van der Waals surface area contributed by atoms with Crippen LogP contribution in [0.4, 0.5) is 5.69 Å². The van der Waals surface area contributed by atoms with Gasteiger partial charge in [-0.25, -0.2) is 4.79 Å². The lowest BCUT2D eigenvalue weighted by Gasteiger charge is -2.34. The molecule has 1 fully saturated rings. The Bertz CT molecular complexity index is 429. The average Bonchev–Trinajstić information content (AvgIpc) is 2.29. The molecule has 1 aromatic carbocycles. The number of hydrogen-bond donors (Lipinski definition) is 1. The molecule has 1 aromatic rings. The Morgan fingerprint density at radius 1 is 1.29 bits per heavy atom. The third-order valence-electron chi connectivity index (χ3n) is 3.05. The molecular weight excluding hydrogens is 284 g/mol. The normalized spacial score (nSPS) is 17.2. The zero-order chi connectivity index (χ0) is 12.4. The van der Waals surface area contributed by atoms with Crippen molar-refractivity contribution in [2.24, 2.45) is 0 Å². The number of likely N-dealkylation sites (N-methyl/N-ethyl adjacent to an activating group) is 1. The molecule has 4 nitrogen and oxygen atoms in total. The van der Waals surface area contributed by atoms with Crippen LogP contribution in [0.1, 0.15) is 10.4 Å². The fourth-order valence-corrected chi connectivity index (χ4v) is 2.56. The second-order valence-corrected chi connectivity index (χ2v) is 5.08. The number of piperazine rings is 1. The molecule has 17 heavy (non-hydrogen) atoms. The largest absolute Gasteiger partial charge is 0.478 e. The van der Waals surface area contributed by atoms with Crippen LogP contribution < -0.4 is 4.90 Å². The minimum Gasteiger partial charge on any atom is -0.478 e. The number of aromatic carboxylic acids is 1. The van der Waals surface area contributed by atoms with Crippen molar-refractivity contribution in [1.82, 2.24) is 4.90 Å². The number of nitrogens with zero attached hydrogens (tertiary/aromatic N) is 2. The lowest BCUT2D eigenvalue weighted by Crippen LogP contribution is -2.45. The van der Waals surface area contributed by atoms with E-state index in [1.54, 1.807) is 6.07 Å². The van der Waals surface area contributed by atoms with E-state index in [-0.39, 0.29) is 0 Å². The van der Waals surface area contributed by atoms with E-state index in [2.05, 4.69) is 32.8 Å². The van der Waals surface area contributed by atoms with E-state index in [1.807, 2.05) is 12.1 Å². The summed E-state index contributed by atoms with van der Waals surface area (Å²) in [5.74, 6) is -0.883. The first-order chi connectivity index (χ1) is 8.09. The number of benzene rings is 1. The molecule has 1 aliphatic heterocycles. The van der Waals surface area contributed by atoms with Crippen LogP contribution in [0.15, 0.2) is 22.7 Å². The molecule has 0 atom stereocenters. The van der Waals surface area contributed by atoms with Crippen LogP contribution in [-0.4, -0.2) is 49.2 Å². The van der Waals surface area contributed by atoms with Gasteiger partial charge in [-0.2, -0.15) is 0 Å². The van der Waals surface area contributed by atoms with Gasteiger partial charge in [-0.05, 0) is 35.1 Å². The van der Waals surface area contributed by atoms with Crippen LogP contribution in [0.5, 0.6) is 0 Å². The standard InChI is InChI=1S/C12H15BrN2O2/c1-14-5-7-15(8-6-14)10-4-2-3-9(13)11(10)12(16)17/h2-4H,5-8H2,1H3,(H,16,17). The van der Waals surface area contributed by atoms with Crippen molar-refractivity contribution >= 4 is 27.6 Å². The third-order valence-corrected chi connectivity index (χ3v) is 3.71. The number of halogens is 1. The maximum Gasteiger partial charge on any atom is 0.338 e. The Kier molecular flexibility index (Phi) is 3.69. The Morgan fingerprint density at radius 2 is 1.94 bits per heavy atom. The van der Waals surface area contributed by atoms with Gasteiger partial charge in [-0.15, -0.1) is 0 Å². The second-order valence-electron chi connectivity index (χ2n) is 4.23. The summed E-state index contributed by atoms with van der Waals surface area (Å²) in [5, 5.41) is 9.26. The number of rotatable bonds is 2. The van der Waals surface area contributed by atoms with E-state index >= 15 is 0 Å². The number of anilines is 1. The van der Waals surface area contributed by atoms with E-state index in [4.69, 9.17) is 0 Å². The zero-order valence-electron chi connectivity index (χ0n) is 9.69. The summed E-state index contributed by atoms with van der Waals surface area (Å²) in [4.78, 5) is 15.7. The van der Waals surface area contributed by atoms with Gasteiger partial charge in [0, 0.05) is 30.7 Å². The predicted molar refractivity (Wildman–Crippen MR) is 70.8 cm³/mol. The van der Waals surface area contributed by atoms with E-state index in [0.29, 0.717) is 10.0 Å². The maximum atomic E-state index is 11.3. The molecule has 0 aromatic heterocycles. The Hall–Kier alpha value is -1.07. The quantitative estimate of drug-likeness (QED) is 0.906. The van der Waals surface area contributed by atoms with Gasteiger partial charge >= 0.3 is 5.97 Å². The summed E-state index contributed by atoms with van der Waals surface area (Å²) < 4.78 is 0.640. The Balaban J connectivity index is 2.32. The molecule has 0 spiro atoms. The smallest absolute Gasteiger partial charge is 0.338 e. The van der Waals surface area contributed by atoms with Crippen LogP contribution in [0.2, 0.25) is 0 Å². The molecule has 0 radical (unpaired) electrons. The van der Waals surface area contributed by atoms with Crippen molar-refractivity contribution < 1.29 is 9.90 Å². The first-order valence-corrected chi connectivity index (χ1v) is 6.34. The molecule has 0 bridgehead atoms. The molecule has 0 aliphatic carbocycles. The lowest BCUT2D eigenvalue weighted by atomic mass is 10.1. The molecule has 0 unspecified atom stereocenters. The summed E-state index contributed by atoms with van der Waals surface area (Å²) >= 11 is 3.31. The van der Waals surface area contributed by atoms with Gasteiger partial charge in [0.15, 0.2) is 0 Å². The van der Waals surface area contributed by atoms with Crippen LogP contribution in [0.3, 0.4) is 0 Å². The van der Waals surface area contributed by atoms with Gasteiger partial charge in [0.1, 0.15) is 0 Å². The van der Waals surface area contributed by atoms with Crippen molar-refractivity contribution in [3.8, 4) is 0 Å². The first kappa shape index (κ1) is 12.4. The average molecular weight is 299 g/mol. The highest BCUT2D eigenvalue weighted by Crippen LogP contribution is 2.28. The van der Waals surface area contributed by atoms with Crippen LogP contribution in [0.25, 0.3) is 0 Å². The van der Waals surface area contributed by atoms with Crippen LogP contribution >= 0.6 is 15.9 Å². The van der Waals surface area contributed by atoms with E-state index in [0.717, 1.165) is 31.9 Å². The maximum absolute atomic E-state index is 11.3. The fraction of sp³-hybridized carbons (Fsp3) is 0.417. The molecule has 92 valence electrons. The minimum absolute atomic E-state index is 0.358. The topological polar surface area (TPSA) is 43.8 Å². The molecule has 0 saturated carbocycles. The molecular formula is C12H15BrN2O2. The van der Waals surface area contributed by atoms with Crippen molar-refractivity contribution in [3.63, 3.8) is 0 Å². The van der Waals surface area contributed by atoms with Crippen LogP contribution in [-0.2, 0) is 0 Å². The second kappa shape index (κ2) is 5.06. The Morgan fingerprint density at radius 3 is 2.53 bits per heavy atom. The zero-order valence-corrected chi connectivity index (χ0v) is 11.3. The molecule has 0 amide bonds.